The first kappa shape index (κ1) is 15.0. The van der Waals surface area contributed by atoms with Gasteiger partial charge in [0.25, 0.3) is 0 Å². The van der Waals surface area contributed by atoms with Crippen molar-refractivity contribution in [1.29, 1.82) is 0 Å². The van der Waals surface area contributed by atoms with E-state index in [4.69, 9.17) is 11.6 Å². The number of hydrogen-bond donors (Lipinski definition) is 0. The van der Waals surface area contributed by atoms with Gasteiger partial charge < -0.3 is 4.90 Å². The van der Waals surface area contributed by atoms with E-state index in [0.29, 0.717) is 17.5 Å². The molecule has 0 aromatic carbocycles. The number of aromatic nitrogens is 2. The van der Waals surface area contributed by atoms with E-state index >= 15 is 0 Å². The smallest absolute Gasteiger partial charge is 0.225 e. The van der Waals surface area contributed by atoms with Gasteiger partial charge in [-0.3, -0.25) is 0 Å². The van der Waals surface area contributed by atoms with Crippen molar-refractivity contribution in [2.75, 3.05) is 25.0 Å². The van der Waals surface area contributed by atoms with Crippen LogP contribution in [-0.4, -0.2) is 54.1 Å². The van der Waals surface area contributed by atoms with Gasteiger partial charge in [-0.1, -0.05) is 11.6 Å². The molecule has 1 aromatic rings. The third kappa shape index (κ3) is 3.14. The van der Waals surface area contributed by atoms with E-state index in [9.17, 15) is 8.42 Å². The van der Waals surface area contributed by atoms with Crippen LogP contribution < -0.4 is 4.90 Å². The molecule has 2 aliphatic rings. The van der Waals surface area contributed by atoms with Gasteiger partial charge in [0, 0.05) is 26.2 Å². The minimum atomic E-state index is -3.13. The largest absolute Gasteiger partial charge is 0.339 e. The Morgan fingerprint density at radius 3 is 2.57 bits per heavy atom. The molecule has 1 atom stereocenters. The molecular formula is C13H19ClN4O2S. The second-order valence-corrected chi connectivity index (χ2v) is 8.41. The third-order valence-corrected chi connectivity index (χ3v) is 6.76. The monoisotopic (exact) mass is 330 g/mol. The predicted octanol–water partition coefficient (Wildman–Crippen LogP) is 1.52. The number of nitrogens with zero attached hydrogens (tertiary/aromatic N) is 4. The molecule has 116 valence electrons. The Balaban J connectivity index is 1.72. The summed E-state index contributed by atoms with van der Waals surface area (Å²) < 4.78 is 26.2. The predicted molar refractivity (Wildman–Crippen MR) is 82.0 cm³/mol. The first-order chi connectivity index (χ1) is 9.98. The number of hydrogen-bond acceptors (Lipinski definition) is 5. The summed E-state index contributed by atoms with van der Waals surface area (Å²) in [6.07, 6.45) is 6.54. The Bertz CT molecular complexity index is 603. The molecule has 1 saturated carbocycles. The first-order valence-electron chi connectivity index (χ1n) is 7.18. The Labute approximate surface area is 130 Å². The highest BCUT2D eigenvalue weighted by atomic mass is 35.5. The third-order valence-electron chi connectivity index (χ3n) is 4.15. The van der Waals surface area contributed by atoms with E-state index < -0.39 is 10.0 Å². The van der Waals surface area contributed by atoms with Gasteiger partial charge in [0.2, 0.25) is 16.0 Å². The van der Waals surface area contributed by atoms with Gasteiger partial charge in [-0.15, -0.1) is 0 Å². The van der Waals surface area contributed by atoms with Crippen LogP contribution in [-0.2, 0) is 10.0 Å². The summed E-state index contributed by atoms with van der Waals surface area (Å²) in [7, 11) is -1.43. The molecule has 0 amide bonds. The van der Waals surface area contributed by atoms with Crippen molar-refractivity contribution in [1.82, 2.24) is 14.3 Å². The lowest BCUT2D eigenvalue weighted by Crippen LogP contribution is -2.49. The van der Waals surface area contributed by atoms with Gasteiger partial charge in [-0.25, -0.2) is 18.4 Å². The van der Waals surface area contributed by atoms with Crippen molar-refractivity contribution in [2.45, 2.75) is 37.0 Å². The van der Waals surface area contributed by atoms with Crippen LogP contribution >= 0.6 is 11.6 Å². The van der Waals surface area contributed by atoms with Crippen molar-refractivity contribution in [2.24, 2.45) is 0 Å². The average molecular weight is 331 g/mol. The second kappa shape index (κ2) is 5.70. The number of anilines is 1. The zero-order valence-corrected chi connectivity index (χ0v) is 13.5. The van der Waals surface area contributed by atoms with E-state index in [-0.39, 0.29) is 11.3 Å². The van der Waals surface area contributed by atoms with E-state index in [1.54, 1.807) is 23.7 Å². The van der Waals surface area contributed by atoms with Gasteiger partial charge in [-0.05, 0) is 25.7 Å². The molecule has 6 nitrogen and oxygen atoms in total. The van der Waals surface area contributed by atoms with E-state index in [1.807, 2.05) is 4.90 Å². The van der Waals surface area contributed by atoms with Crippen molar-refractivity contribution in [3.63, 3.8) is 0 Å². The van der Waals surface area contributed by atoms with Gasteiger partial charge in [-0.2, -0.15) is 4.31 Å². The standard InChI is InChI=1S/C13H19ClN4O2S/c1-17(21(19,20)12-4-5-12)11-3-2-6-18(9-11)13-15-7-10(14)8-16-13/h7-8,11-12H,2-6,9H2,1H3. The molecule has 21 heavy (non-hydrogen) atoms. The van der Waals surface area contributed by atoms with Gasteiger partial charge >= 0.3 is 0 Å². The summed E-state index contributed by atoms with van der Waals surface area (Å²) in [5.41, 5.74) is 0. The highest BCUT2D eigenvalue weighted by molar-refractivity contribution is 7.90. The van der Waals surface area contributed by atoms with Gasteiger partial charge in [0.05, 0.1) is 22.7 Å². The number of halogens is 1. The van der Waals surface area contributed by atoms with Crippen LogP contribution in [0.25, 0.3) is 0 Å². The maximum atomic E-state index is 12.3. The van der Waals surface area contributed by atoms with Crippen LogP contribution in [0.2, 0.25) is 5.02 Å². The summed E-state index contributed by atoms with van der Waals surface area (Å²) in [4.78, 5) is 10.5. The number of rotatable bonds is 4. The maximum Gasteiger partial charge on any atom is 0.225 e. The fourth-order valence-corrected chi connectivity index (χ4v) is 4.60. The first-order valence-corrected chi connectivity index (χ1v) is 9.06. The molecule has 1 aliphatic carbocycles. The van der Waals surface area contributed by atoms with Crippen LogP contribution in [0.4, 0.5) is 5.95 Å². The fourth-order valence-electron chi connectivity index (χ4n) is 2.71. The Hall–Kier alpha value is -0.920. The Morgan fingerprint density at radius 2 is 1.95 bits per heavy atom. The number of piperidine rings is 1. The molecule has 0 N–H and O–H groups in total. The summed E-state index contributed by atoms with van der Waals surface area (Å²) >= 11 is 5.80. The highest BCUT2D eigenvalue weighted by Crippen LogP contribution is 2.32. The molecule has 0 spiro atoms. The van der Waals surface area contributed by atoms with E-state index in [1.165, 1.54) is 0 Å². The van der Waals surface area contributed by atoms with Crippen molar-refractivity contribution < 1.29 is 8.42 Å². The molecule has 8 heteroatoms. The molecule has 2 heterocycles. The van der Waals surface area contributed by atoms with Crippen LogP contribution in [0.5, 0.6) is 0 Å². The topological polar surface area (TPSA) is 66.4 Å². The normalized spacial score (nSPS) is 23.6. The molecule has 1 aliphatic heterocycles. The highest BCUT2D eigenvalue weighted by Gasteiger charge is 2.41. The van der Waals surface area contributed by atoms with Crippen LogP contribution in [0.15, 0.2) is 12.4 Å². The zero-order chi connectivity index (χ0) is 15.0. The molecule has 0 bridgehead atoms. The van der Waals surface area contributed by atoms with Crippen LogP contribution in [0.3, 0.4) is 0 Å². The SMILES string of the molecule is CN(C1CCCN(c2ncc(Cl)cn2)C1)S(=O)(=O)C1CC1. The summed E-state index contributed by atoms with van der Waals surface area (Å²) in [6, 6.07) is -0.0105. The molecule has 0 radical (unpaired) electrons. The minimum Gasteiger partial charge on any atom is -0.339 e. The quantitative estimate of drug-likeness (QED) is 0.837. The molecule has 1 saturated heterocycles. The fraction of sp³-hybridized carbons (Fsp3) is 0.692. The Morgan fingerprint density at radius 1 is 1.29 bits per heavy atom. The van der Waals surface area contributed by atoms with Crippen LogP contribution in [0.1, 0.15) is 25.7 Å². The zero-order valence-electron chi connectivity index (χ0n) is 11.9. The molecule has 2 fully saturated rings. The number of likely N-dealkylation sites (N-methyl/N-ethyl adjacent to an activating group) is 1. The van der Waals surface area contributed by atoms with Crippen molar-refractivity contribution >= 4 is 27.6 Å². The van der Waals surface area contributed by atoms with Crippen molar-refractivity contribution in [3.8, 4) is 0 Å². The molecule has 1 aromatic heterocycles. The minimum absolute atomic E-state index is 0.0105. The maximum absolute atomic E-state index is 12.3. The number of sulfonamides is 1. The van der Waals surface area contributed by atoms with Crippen molar-refractivity contribution in [3.05, 3.63) is 17.4 Å². The lowest BCUT2D eigenvalue weighted by Gasteiger charge is -2.37. The summed E-state index contributed by atoms with van der Waals surface area (Å²) in [5, 5.41) is 0.338. The molecule has 3 rings (SSSR count). The summed E-state index contributed by atoms with van der Waals surface area (Å²) in [6.45, 7) is 1.47. The van der Waals surface area contributed by atoms with Gasteiger partial charge in [0.1, 0.15) is 0 Å². The lowest BCUT2D eigenvalue weighted by molar-refractivity contribution is 0.318. The molecule has 1 unspecified atom stereocenters. The lowest BCUT2D eigenvalue weighted by atomic mass is 10.1. The Kier molecular flexibility index (Phi) is 4.07. The van der Waals surface area contributed by atoms with Crippen LogP contribution in [0, 0.1) is 0 Å². The average Bonchev–Trinajstić information content (AvgIpc) is 3.32. The second-order valence-electron chi connectivity index (χ2n) is 5.70. The van der Waals surface area contributed by atoms with E-state index in [2.05, 4.69) is 9.97 Å². The summed E-state index contributed by atoms with van der Waals surface area (Å²) in [5.74, 6) is 0.612. The van der Waals surface area contributed by atoms with Gasteiger partial charge in [0.15, 0.2) is 0 Å². The molecular weight excluding hydrogens is 312 g/mol. The van der Waals surface area contributed by atoms with E-state index in [0.717, 1.165) is 32.2 Å².